The highest BCUT2D eigenvalue weighted by atomic mass is 32.2. The maximum atomic E-state index is 13.1. The average molecular weight is 561 g/mol. The quantitative estimate of drug-likeness (QED) is 0.213. The van der Waals surface area contributed by atoms with Crippen molar-refractivity contribution in [1.82, 2.24) is 30.3 Å². The van der Waals surface area contributed by atoms with Crippen LogP contribution in [0.2, 0.25) is 0 Å². The van der Waals surface area contributed by atoms with Crippen molar-refractivity contribution in [2.24, 2.45) is 0 Å². The van der Waals surface area contributed by atoms with Gasteiger partial charge in [-0.05, 0) is 54.4 Å². The van der Waals surface area contributed by atoms with E-state index >= 15 is 0 Å². The van der Waals surface area contributed by atoms with E-state index in [-0.39, 0.29) is 17.2 Å². The number of hydrogen-bond donors (Lipinski definition) is 1. The monoisotopic (exact) mass is 560 g/mol. The van der Waals surface area contributed by atoms with E-state index in [0.29, 0.717) is 41.0 Å². The summed E-state index contributed by atoms with van der Waals surface area (Å²) in [5, 5.41) is 11.5. The van der Waals surface area contributed by atoms with Crippen LogP contribution in [-0.4, -0.2) is 58.0 Å². The number of alkyl halides is 3. The molecule has 0 unspecified atom stereocenters. The highest BCUT2D eigenvalue weighted by Crippen LogP contribution is 2.28. The molecule has 0 atom stereocenters. The fraction of sp³-hybridized carbons (Fsp3) is 0.240. The third kappa shape index (κ3) is 7.37. The second-order valence-electron chi connectivity index (χ2n) is 7.85. The molecule has 14 heteroatoms. The lowest BCUT2D eigenvalue weighted by molar-refractivity contribution is -0.274. The summed E-state index contributed by atoms with van der Waals surface area (Å²) in [6, 6.07) is 12.3. The zero-order valence-corrected chi connectivity index (χ0v) is 21.6. The normalized spacial score (nSPS) is 11.2. The molecule has 2 aromatic carbocycles. The van der Waals surface area contributed by atoms with E-state index in [4.69, 9.17) is 9.47 Å². The standard InChI is InChI=1S/C25H23F3N6O4S/c1-36-20-9-4-16(14-21(20)37-2)10-13-29-23(35)22-19(15-39-24-30-11-3-12-31-24)34(33-32-22)17-5-7-18(8-6-17)38-25(26,27)28/h3-9,11-12,14H,10,13,15H2,1-2H3,(H,29,35). The predicted octanol–water partition coefficient (Wildman–Crippen LogP) is 4.24. The minimum absolute atomic E-state index is 0.0707. The maximum Gasteiger partial charge on any atom is 0.573 e. The Hall–Kier alpha value is -4.33. The molecule has 10 nitrogen and oxygen atoms in total. The molecule has 0 spiro atoms. The van der Waals surface area contributed by atoms with Crippen LogP contribution in [0, 0.1) is 0 Å². The van der Waals surface area contributed by atoms with Crippen LogP contribution in [0.15, 0.2) is 66.1 Å². The summed E-state index contributed by atoms with van der Waals surface area (Å²) >= 11 is 1.26. The van der Waals surface area contributed by atoms with E-state index in [1.165, 1.54) is 28.6 Å². The van der Waals surface area contributed by atoms with Crippen LogP contribution in [0.3, 0.4) is 0 Å². The van der Waals surface area contributed by atoms with Crippen molar-refractivity contribution in [1.29, 1.82) is 0 Å². The van der Waals surface area contributed by atoms with Gasteiger partial charge >= 0.3 is 6.36 Å². The minimum atomic E-state index is -4.81. The van der Waals surface area contributed by atoms with Crippen LogP contribution >= 0.6 is 11.8 Å². The van der Waals surface area contributed by atoms with Crippen molar-refractivity contribution in [2.45, 2.75) is 23.7 Å². The summed E-state index contributed by atoms with van der Waals surface area (Å²) in [5.41, 5.74) is 1.81. The zero-order valence-electron chi connectivity index (χ0n) is 20.8. The fourth-order valence-electron chi connectivity index (χ4n) is 3.54. The number of nitrogens with one attached hydrogen (secondary N) is 1. The lowest BCUT2D eigenvalue weighted by Crippen LogP contribution is -2.27. The SMILES string of the molecule is COc1ccc(CCNC(=O)c2nnn(-c3ccc(OC(F)(F)F)cc3)c2CSc2ncccn2)cc1OC. The fourth-order valence-corrected chi connectivity index (χ4v) is 4.33. The number of benzene rings is 2. The Bertz CT molecular complexity index is 1400. The van der Waals surface area contributed by atoms with Crippen LogP contribution < -0.4 is 19.5 Å². The molecule has 39 heavy (non-hydrogen) atoms. The Labute approximate surface area is 225 Å². The van der Waals surface area contributed by atoms with E-state index in [1.807, 2.05) is 12.1 Å². The van der Waals surface area contributed by atoms with Gasteiger partial charge in [-0.3, -0.25) is 4.79 Å². The number of carbonyl (C=O) groups is 1. The zero-order chi connectivity index (χ0) is 27.8. The van der Waals surface area contributed by atoms with Gasteiger partial charge in [0.15, 0.2) is 22.3 Å². The molecule has 4 rings (SSSR count). The number of nitrogens with zero attached hydrogens (tertiary/aromatic N) is 5. The molecule has 2 aromatic heterocycles. The average Bonchev–Trinajstić information content (AvgIpc) is 3.36. The highest BCUT2D eigenvalue weighted by Gasteiger charge is 2.31. The first-order chi connectivity index (χ1) is 18.8. The predicted molar refractivity (Wildman–Crippen MR) is 135 cm³/mol. The molecule has 0 aliphatic heterocycles. The third-order valence-corrected chi connectivity index (χ3v) is 6.21. The van der Waals surface area contributed by atoms with Gasteiger partial charge < -0.3 is 19.5 Å². The van der Waals surface area contributed by atoms with Gasteiger partial charge in [-0.15, -0.1) is 18.3 Å². The number of hydrogen-bond acceptors (Lipinski definition) is 9. The molecule has 4 aromatic rings. The lowest BCUT2D eigenvalue weighted by atomic mass is 10.1. The van der Waals surface area contributed by atoms with Gasteiger partial charge in [-0.2, -0.15) is 0 Å². The van der Waals surface area contributed by atoms with Crippen molar-refractivity contribution < 1.29 is 32.2 Å². The molecule has 1 amide bonds. The molecule has 204 valence electrons. The Morgan fingerprint density at radius 2 is 1.74 bits per heavy atom. The molecule has 1 N–H and O–H groups in total. The first-order valence-corrected chi connectivity index (χ1v) is 12.5. The van der Waals surface area contributed by atoms with Crippen molar-refractivity contribution in [3.05, 3.63) is 77.9 Å². The van der Waals surface area contributed by atoms with Gasteiger partial charge in [-0.1, -0.05) is 23.0 Å². The van der Waals surface area contributed by atoms with Crippen molar-refractivity contribution >= 4 is 17.7 Å². The molecular formula is C25H23F3N6O4S. The topological polar surface area (TPSA) is 113 Å². The van der Waals surface area contributed by atoms with E-state index in [2.05, 4.69) is 30.3 Å². The van der Waals surface area contributed by atoms with Crippen LogP contribution in [0.4, 0.5) is 13.2 Å². The molecule has 0 aliphatic carbocycles. The number of halogens is 3. The summed E-state index contributed by atoms with van der Waals surface area (Å²) in [5.74, 6) is 0.565. The molecule has 0 fully saturated rings. The number of rotatable bonds is 11. The number of methoxy groups -OCH3 is 2. The van der Waals surface area contributed by atoms with Crippen LogP contribution in [0.5, 0.6) is 17.2 Å². The minimum Gasteiger partial charge on any atom is -0.493 e. The highest BCUT2D eigenvalue weighted by molar-refractivity contribution is 7.98. The van der Waals surface area contributed by atoms with E-state index < -0.39 is 12.3 Å². The van der Waals surface area contributed by atoms with Gasteiger partial charge in [0.2, 0.25) is 0 Å². The van der Waals surface area contributed by atoms with Crippen molar-refractivity contribution in [3.63, 3.8) is 0 Å². The van der Waals surface area contributed by atoms with Crippen LogP contribution in [0.1, 0.15) is 21.7 Å². The first-order valence-electron chi connectivity index (χ1n) is 11.5. The number of thioether (sulfide) groups is 1. The summed E-state index contributed by atoms with van der Waals surface area (Å²) in [6.45, 7) is 0.305. The maximum absolute atomic E-state index is 13.1. The summed E-state index contributed by atoms with van der Waals surface area (Å²) in [6.07, 6.45) is -1.12. The number of aromatic nitrogens is 5. The second kappa shape index (κ2) is 12.5. The summed E-state index contributed by atoms with van der Waals surface area (Å²) < 4.78 is 53.5. The Kier molecular flexibility index (Phi) is 8.86. The number of carbonyl (C=O) groups excluding carboxylic acids is 1. The Morgan fingerprint density at radius 3 is 2.41 bits per heavy atom. The Balaban J connectivity index is 1.52. The number of amides is 1. The summed E-state index contributed by atoms with van der Waals surface area (Å²) in [4.78, 5) is 21.4. The van der Waals surface area contributed by atoms with Gasteiger partial charge in [-0.25, -0.2) is 14.6 Å². The van der Waals surface area contributed by atoms with Gasteiger partial charge in [0.25, 0.3) is 5.91 Å². The molecule has 2 heterocycles. The van der Waals surface area contributed by atoms with E-state index in [9.17, 15) is 18.0 Å². The number of ether oxygens (including phenoxy) is 3. The molecule has 0 radical (unpaired) electrons. The van der Waals surface area contributed by atoms with Gasteiger partial charge in [0.05, 0.1) is 25.6 Å². The van der Waals surface area contributed by atoms with Crippen molar-refractivity contribution in [2.75, 3.05) is 20.8 Å². The van der Waals surface area contributed by atoms with Crippen LogP contribution in [0.25, 0.3) is 5.69 Å². The van der Waals surface area contributed by atoms with Gasteiger partial charge in [0, 0.05) is 24.7 Å². The molecule has 0 saturated carbocycles. The molecular weight excluding hydrogens is 537 g/mol. The van der Waals surface area contributed by atoms with Crippen LogP contribution in [-0.2, 0) is 12.2 Å². The molecule has 0 saturated heterocycles. The van der Waals surface area contributed by atoms with Crippen molar-refractivity contribution in [3.8, 4) is 22.9 Å². The second-order valence-corrected chi connectivity index (χ2v) is 8.80. The largest absolute Gasteiger partial charge is 0.573 e. The molecule has 0 aliphatic rings. The smallest absolute Gasteiger partial charge is 0.493 e. The molecule has 0 bridgehead atoms. The Morgan fingerprint density at radius 1 is 1.03 bits per heavy atom. The first kappa shape index (κ1) is 27.7. The lowest BCUT2D eigenvalue weighted by Gasteiger charge is -2.11. The third-order valence-electron chi connectivity index (χ3n) is 5.32. The van der Waals surface area contributed by atoms with E-state index in [1.54, 1.807) is 38.7 Å². The summed E-state index contributed by atoms with van der Waals surface area (Å²) in [7, 11) is 3.10. The van der Waals surface area contributed by atoms with E-state index in [0.717, 1.165) is 17.7 Å². The van der Waals surface area contributed by atoms with Gasteiger partial charge in [0.1, 0.15) is 5.75 Å².